The van der Waals surface area contributed by atoms with Crippen LogP contribution >= 0.6 is 0 Å². The second kappa shape index (κ2) is 2.39. The van der Waals surface area contributed by atoms with Gasteiger partial charge in [0.25, 0.3) is 0 Å². The molecule has 0 fully saturated rings. The van der Waals surface area contributed by atoms with Crippen molar-refractivity contribution < 1.29 is 9.90 Å². The Bertz CT molecular complexity index is 249. The van der Waals surface area contributed by atoms with Crippen molar-refractivity contribution in [1.29, 1.82) is 0 Å². The van der Waals surface area contributed by atoms with E-state index in [4.69, 9.17) is 5.11 Å². The first kappa shape index (κ1) is 6.61. The molecule has 0 bridgehead atoms. The van der Waals surface area contributed by atoms with Crippen LogP contribution in [0.3, 0.4) is 0 Å². The molecule has 0 atom stereocenters. The third kappa shape index (κ3) is 1.07. The van der Waals surface area contributed by atoms with Crippen LogP contribution in [-0.4, -0.2) is 16.1 Å². The summed E-state index contributed by atoms with van der Waals surface area (Å²) < 4.78 is 0. The third-order valence-electron chi connectivity index (χ3n) is 1.20. The molecule has 0 spiro atoms. The second-order valence-electron chi connectivity index (χ2n) is 1.88. The SMILES string of the molecule is C=C(C(=O)O)c1cc[nH]c1. The lowest BCUT2D eigenvalue weighted by molar-refractivity contribution is -0.130. The topological polar surface area (TPSA) is 53.1 Å². The van der Waals surface area contributed by atoms with Crippen molar-refractivity contribution in [1.82, 2.24) is 4.98 Å². The van der Waals surface area contributed by atoms with Gasteiger partial charge in [-0.25, -0.2) is 4.79 Å². The molecule has 10 heavy (non-hydrogen) atoms. The van der Waals surface area contributed by atoms with Gasteiger partial charge < -0.3 is 10.1 Å². The minimum absolute atomic E-state index is 0.112. The van der Waals surface area contributed by atoms with Crippen molar-refractivity contribution >= 4 is 11.5 Å². The molecule has 0 amide bonds. The molecule has 3 nitrogen and oxygen atoms in total. The molecule has 0 radical (unpaired) electrons. The molecular weight excluding hydrogens is 130 g/mol. The van der Waals surface area contributed by atoms with E-state index in [0.717, 1.165) is 0 Å². The fourth-order valence-corrected chi connectivity index (χ4v) is 0.635. The number of rotatable bonds is 2. The summed E-state index contributed by atoms with van der Waals surface area (Å²) in [7, 11) is 0. The monoisotopic (exact) mass is 137 g/mol. The summed E-state index contributed by atoms with van der Waals surface area (Å²) in [6.07, 6.45) is 3.25. The van der Waals surface area contributed by atoms with Crippen molar-refractivity contribution in [2.45, 2.75) is 0 Å². The standard InChI is InChI=1S/C7H7NO2/c1-5(7(9)10)6-2-3-8-4-6/h2-4,8H,1H2,(H,9,10). The molecule has 0 aromatic carbocycles. The molecule has 0 saturated heterocycles. The largest absolute Gasteiger partial charge is 0.478 e. The highest BCUT2D eigenvalue weighted by atomic mass is 16.4. The maximum atomic E-state index is 10.3. The van der Waals surface area contributed by atoms with E-state index in [1.54, 1.807) is 18.5 Å². The number of carbonyl (C=O) groups is 1. The molecule has 1 rings (SSSR count). The average molecular weight is 137 g/mol. The zero-order valence-electron chi connectivity index (χ0n) is 5.29. The zero-order chi connectivity index (χ0) is 7.56. The van der Waals surface area contributed by atoms with E-state index in [0.29, 0.717) is 5.56 Å². The Hall–Kier alpha value is -1.51. The molecule has 0 aliphatic rings. The molecule has 52 valence electrons. The van der Waals surface area contributed by atoms with Gasteiger partial charge in [-0.05, 0) is 6.07 Å². The second-order valence-corrected chi connectivity index (χ2v) is 1.88. The van der Waals surface area contributed by atoms with Gasteiger partial charge in [0.05, 0.1) is 5.57 Å². The normalized spacial score (nSPS) is 9.20. The van der Waals surface area contributed by atoms with E-state index >= 15 is 0 Å². The van der Waals surface area contributed by atoms with Gasteiger partial charge >= 0.3 is 5.97 Å². The average Bonchev–Trinajstić information content (AvgIpc) is 2.36. The summed E-state index contributed by atoms with van der Waals surface area (Å²) in [5.74, 6) is -0.986. The predicted octanol–water partition coefficient (Wildman–Crippen LogP) is 1.11. The van der Waals surface area contributed by atoms with E-state index in [9.17, 15) is 4.79 Å². The Labute approximate surface area is 58.0 Å². The van der Waals surface area contributed by atoms with Crippen molar-refractivity contribution in [3.63, 3.8) is 0 Å². The number of carboxylic acid groups (broad SMARTS) is 1. The number of aromatic amines is 1. The summed E-state index contributed by atoms with van der Waals surface area (Å²) in [5.41, 5.74) is 0.730. The highest BCUT2D eigenvalue weighted by Crippen LogP contribution is 2.09. The van der Waals surface area contributed by atoms with Crippen LogP contribution in [0, 0.1) is 0 Å². The first-order valence-electron chi connectivity index (χ1n) is 2.77. The first-order chi connectivity index (χ1) is 4.72. The summed E-state index contributed by atoms with van der Waals surface area (Å²) in [6.45, 7) is 3.38. The Balaban J connectivity index is 2.88. The Morgan fingerprint density at radius 1 is 1.70 bits per heavy atom. The van der Waals surface area contributed by atoms with Crippen LogP contribution in [0.2, 0.25) is 0 Å². The van der Waals surface area contributed by atoms with Gasteiger partial charge in [-0.15, -0.1) is 0 Å². The highest BCUT2D eigenvalue weighted by Gasteiger charge is 2.05. The molecule has 1 aromatic rings. The van der Waals surface area contributed by atoms with Crippen LogP contribution in [0.5, 0.6) is 0 Å². The van der Waals surface area contributed by atoms with Crippen LogP contribution in [0.25, 0.3) is 5.57 Å². The van der Waals surface area contributed by atoms with E-state index in [1.807, 2.05) is 0 Å². The number of nitrogens with one attached hydrogen (secondary N) is 1. The van der Waals surface area contributed by atoms with Crippen LogP contribution in [0.15, 0.2) is 25.0 Å². The quantitative estimate of drug-likeness (QED) is 0.600. The van der Waals surface area contributed by atoms with Crippen LogP contribution in [0.1, 0.15) is 5.56 Å². The molecule has 1 aromatic heterocycles. The predicted molar refractivity (Wildman–Crippen MR) is 37.5 cm³/mol. The number of hydrogen-bond donors (Lipinski definition) is 2. The molecule has 0 unspecified atom stereocenters. The minimum atomic E-state index is -0.986. The Morgan fingerprint density at radius 2 is 2.40 bits per heavy atom. The lowest BCUT2D eigenvalue weighted by Crippen LogP contribution is -1.95. The Kier molecular flexibility index (Phi) is 1.58. The minimum Gasteiger partial charge on any atom is -0.478 e. The van der Waals surface area contributed by atoms with Crippen LogP contribution < -0.4 is 0 Å². The molecule has 1 heterocycles. The fourth-order valence-electron chi connectivity index (χ4n) is 0.635. The van der Waals surface area contributed by atoms with E-state index < -0.39 is 5.97 Å². The summed E-state index contributed by atoms with van der Waals surface area (Å²) in [5, 5.41) is 8.44. The smallest absolute Gasteiger partial charge is 0.335 e. The lowest BCUT2D eigenvalue weighted by Gasteiger charge is -1.91. The van der Waals surface area contributed by atoms with Gasteiger partial charge in [0, 0.05) is 18.0 Å². The third-order valence-corrected chi connectivity index (χ3v) is 1.20. The van der Waals surface area contributed by atoms with Crippen molar-refractivity contribution in [2.24, 2.45) is 0 Å². The van der Waals surface area contributed by atoms with E-state index in [1.165, 1.54) is 0 Å². The molecular formula is C7H7NO2. The number of carboxylic acids is 1. The van der Waals surface area contributed by atoms with Crippen LogP contribution in [-0.2, 0) is 4.79 Å². The van der Waals surface area contributed by atoms with Crippen molar-refractivity contribution in [2.75, 3.05) is 0 Å². The summed E-state index contributed by atoms with van der Waals surface area (Å²) >= 11 is 0. The van der Waals surface area contributed by atoms with Gasteiger partial charge in [-0.1, -0.05) is 6.58 Å². The zero-order valence-corrected chi connectivity index (χ0v) is 5.29. The van der Waals surface area contributed by atoms with Gasteiger partial charge in [0.1, 0.15) is 0 Å². The van der Waals surface area contributed by atoms with Crippen molar-refractivity contribution in [3.8, 4) is 0 Å². The molecule has 0 saturated carbocycles. The van der Waals surface area contributed by atoms with Gasteiger partial charge in [-0.2, -0.15) is 0 Å². The maximum absolute atomic E-state index is 10.3. The molecule has 0 aliphatic heterocycles. The van der Waals surface area contributed by atoms with Crippen molar-refractivity contribution in [3.05, 3.63) is 30.6 Å². The maximum Gasteiger partial charge on any atom is 0.335 e. The Morgan fingerprint density at radius 3 is 2.80 bits per heavy atom. The highest BCUT2D eigenvalue weighted by molar-refractivity contribution is 6.14. The summed E-state index contributed by atoms with van der Waals surface area (Å²) in [6, 6.07) is 1.66. The summed E-state index contributed by atoms with van der Waals surface area (Å²) in [4.78, 5) is 13.0. The van der Waals surface area contributed by atoms with Gasteiger partial charge in [0.2, 0.25) is 0 Å². The molecule has 2 N–H and O–H groups in total. The fraction of sp³-hybridized carbons (Fsp3) is 0. The lowest BCUT2D eigenvalue weighted by atomic mass is 10.2. The van der Waals surface area contributed by atoms with E-state index in [-0.39, 0.29) is 5.57 Å². The molecule has 3 heteroatoms. The van der Waals surface area contributed by atoms with Gasteiger partial charge in [0.15, 0.2) is 0 Å². The van der Waals surface area contributed by atoms with Crippen LogP contribution in [0.4, 0.5) is 0 Å². The number of aliphatic carboxylic acids is 1. The van der Waals surface area contributed by atoms with E-state index in [2.05, 4.69) is 11.6 Å². The molecule has 0 aliphatic carbocycles. The van der Waals surface area contributed by atoms with Gasteiger partial charge in [-0.3, -0.25) is 0 Å². The number of H-pyrrole nitrogens is 1. The number of hydrogen-bond acceptors (Lipinski definition) is 1. The number of aromatic nitrogens is 1. The first-order valence-corrected chi connectivity index (χ1v) is 2.77.